The number of anilines is 1. The van der Waals surface area contributed by atoms with Gasteiger partial charge < -0.3 is 5.32 Å². The summed E-state index contributed by atoms with van der Waals surface area (Å²) in [5.41, 5.74) is 1.33. The molecule has 1 aliphatic heterocycles. The summed E-state index contributed by atoms with van der Waals surface area (Å²) in [6.45, 7) is 2.11. The van der Waals surface area contributed by atoms with Crippen LogP contribution in [-0.4, -0.2) is 31.2 Å². The predicted octanol–water partition coefficient (Wildman–Crippen LogP) is 4.48. The van der Waals surface area contributed by atoms with Crippen molar-refractivity contribution in [3.05, 3.63) is 58.1 Å². The summed E-state index contributed by atoms with van der Waals surface area (Å²) in [4.78, 5) is 13.0. The van der Waals surface area contributed by atoms with Crippen molar-refractivity contribution in [1.82, 2.24) is 4.31 Å². The van der Waals surface area contributed by atoms with E-state index >= 15 is 0 Å². The van der Waals surface area contributed by atoms with Gasteiger partial charge in [0.25, 0.3) is 0 Å². The lowest BCUT2D eigenvalue weighted by Crippen LogP contribution is -2.49. The van der Waals surface area contributed by atoms with Gasteiger partial charge in [-0.3, -0.25) is 4.79 Å². The summed E-state index contributed by atoms with van der Waals surface area (Å²) in [5.74, 6) is -0.349. The van der Waals surface area contributed by atoms with E-state index in [1.165, 1.54) is 28.6 Å². The fourth-order valence-electron chi connectivity index (χ4n) is 3.16. The van der Waals surface area contributed by atoms with Crippen molar-refractivity contribution in [1.29, 1.82) is 0 Å². The van der Waals surface area contributed by atoms with Gasteiger partial charge in [-0.15, -0.1) is 0 Å². The lowest BCUT2D eigenvalue weighted by Gasteiger charge is -2.33. The molecule has 1 amide bonds. The molecule has 1 aliphatic rings. The molecule has 1 atom stereocenters. The van der Waals surface area contributed by atoms with Gasteiger partial charge in [-0.2, -0.15) is 4.31 Å². The molecular formula is C19H20Cl2N2O3S. The second-order valence-electron chi connectivity index (χ2n) is 6.48. The van der Waals surface area contributed by atoms with Gasteiger partial charge in [0.2, 0.25) is 15.9 Å². The molecule has 1 heterocycles. The van der Waals surface area contributed by atoms with Crippen LogP contribution in [0.2, 0.25) is 10.0 Å². The van der Waals surface area contributed by atoms with Crippen molar-refractivity contribution in [2.45, 2.75) is 37.1 Å². The molecule has 1 fully saturated rings. The average molecular weight is 427 g/mol. The highest BCUT2D eigenvalue weighted by atomic mass is 35.5. The van der Waals surface area contributed by atoms with E-state index in [1.54, 1.807) is 25.1 Å². The third-order valence-corrected chi connectivity index (χ3v) is 7.29. The Morgan fingerprint density at radius 3 is 2.52 bits per heavy atom. The molecular weight excluding hydrogens is 407 g/mol. The number of carbonyl (C=O) groups excluding carboxylic acids is 1. The highest BCUT2D eigenvalue weighted by Crippen LogP contribution is 2.28. The number of rotatable bonds is 4. The van der Waals surface area contributed by atoms with Gasteiger partial charge in [-0.1, -0.05) is 35.7 Å². The van der Waals surface area contributed by atoms with Crippen molar-refractivity contribution < 1.29 is 13.2 Å². The molecule has 1 saturated heterocycles. The normalized spacial score (nSPS) is 18.3. The van der Waals surface area contributed by atoms with Crippen molar-refractivity contribution in [2.24, 2.45) is 0 Å². The van der Waals surface area contributed by atoms with Crippen LogP contribution in [0.4, 0.5) is 5.69 Å². The molecule has 0 saturated carbocycles. The molecule has 2 aromatic rings. The number of halogens is 2. The number of sulfonamides is 1. The first-order valence-corrected chi connectivity index (χ1v) is 10.8. The maximum atomic E-state index is 13.1. The van der Waals surface area contributed by atoms with Crippen LogP contribution in [0.3, 0.4) is 0 Å². The molecule has 144 valence electrons. The van der Waals surface area contributed by atoms with E-state index in [1.807, 2.05) is 0 Å². The Bertz CT molecular complexity index is 946. The van der Waals surface area contributed by atoms with Gasteiger partial charge >= 0.3 is 0 Å². The zero-order valence-corrected chi connectivity index (χ0v) is 17.1. The van der Waals surface area contributed by atoms with Crippen LogP contribution < -0.4 is 5.32 Å². The lowest BCUT2D eigenvalue weighted by atomic mass is 10.0. The van der Waals surface area contributed by atoms with Crippen molar-refractivity contribution in [3.63, 3.8) is 0 Å². The lowest BCUT2D eigenvalue weighted by molar-refractivity contribution is -0.120. The van der Waals surface area contributed by atoms with Crippen LogP contribution in [0, 0.1) is 6.92 Å². The molecule has 8 heteroatoms. The van der Waals surface area contributed by atoms with Gasteiger partial charge in [0.1, 0.15) is 6.04 Å². The van der Waals surface area contributed by atoms with Gasteiger partial charge in [-0.25, -0.2) is 8.42 Å². The molecule has 1 N–H and O–H groups in total. The van der Waals surface area contributed by atoms with E-state index in [2.05, 4.69) is 5.32 Å². The maximum Gasteiger partial charge on any atom is 0.243 e. The molecule has 3 rings (SSSR count). The minimum absolute atomic E-state index is 0.130. The van der Waals surface area contributed by atoms with Crippen molar-refractivity contribution in [2.75, 3.05) is 11.9 Å². The van der Waals surface area contributed by atoms with Crippen LogP contribution >= 0.6 is 23.2 Å². The Hall–Kier alpha value is -1.60. The van der Waals surface area contributed by atoms with Crippen LogP contribution in [0.15, 0.2) is 47.4 Å². The van der Waals surface area contributed by atoms with Crippen LogP contribution in [0.1, 0.15) is 24.8 Å². The summed E-state index contributed by atoms with van der Waals surface area (Å²) in [7, 11) is -3.80. The molecule has 0 aromatic heterocycles. The Morgan fingerprint density at radius 1 is 1.11 bits per heavy atom. The third kappa shape index (κ3) is 4.29. The summed E-state index contributed by atoms with van der Waals surface area (Å²) in [6.07, 6.45) is 1.98. The average Bonchev–Trinajstić information content (AvgIpc) is 2.66. The molecule has 2 aromatic carbocycles. The number of nitrogens with one attached hydrogen (secondary N) is 1. The Balaban J connectivity index is 1.87. The number of carbonyl (C=O) groups is 1. The first-order chi connectivity index (χ1) is 12.8. The summed E-state index contributed by atoms with van der Waals surface area (Å²) in [6, 6.07) is 10.5. The van der Waals surface area contributed by atoms with E-state index in [-0.39, 0.29) is 10.8 Å². The number of hydrogen-bond acceptors (Lipinski definition) is 3. The van der Waals surface area contributed by atoms with Crippen LogP contribution in [0.5, 0.6) is 0 Å². The monoisotopic (exact) mass is 426 g/mol. The highest BCUT2D eigenvalue weighted by molar-refractivity contribution is 7.89. The smallest absolute Gasteiger partial charge is 0.243 e. The van der Waals surface area contributed by atoms with E-state index in [4.69, 9.17) is 23.2 Å². The molecule has 27 heavy (non-hydrogen) atoms. The molecule has 0 aliphatic carbocycles. The Kier molecular flexibility index (Phi) is 6.11. The SMILES string of the molecule is Cc1c(Cl)cccc1NC(=O)C1CCCCN1S(=O)(=O)c1ccc(Cl)cc1. The van der Waals surface area contributed by atoms with Gasteiger partial charge in [-0.05, 0) is 61.7 Å². The molecule has 0 spiro atoms. The topological polar surface area (TPSA) is 66.5 Å². The second-order valence-corrected chi connectivity index (χ2v) is 9.22. The molecule has 1 unspecified atom stereocenters. The van der Waals surface area contributed by atoms with E-state index in [9.17, 15) is 13.2 Å². The maximum absolute atomic E-state index is 13.1. The number of amides is 1. The van der Waals surface area contributed by atoms with Crippen LogP contribution in [0.25, 0.3) is 0 Å². The zero-order chi connectivity index (χ0) is 19.6. The Morgan fingerprint density at radius 2 is 1.81 bits per heavy atom. The minimum atomic E-state index is -3.80. The van der Waals surface area contributed by atoms with Crippen molar-refractivity contribution >= 4 is 44.8 Å². The van der Waals surface area contributed by atoms with Gasteiger partial charge in [0, 0.05) is 22.3 Å². The molecule has 0 radical (unpaired) electrons. The predicted molar refractivity (Wildman–Crippen MR) is 108 cm³/mol. The minimum Gasteiger partial charge on any atom is -0.324 e. The Labute approximate surface area is 169 Å². The van der Waals surface area contributed by atoms with Gasteiger partial charge in [0.15, 0.2) is 0 Å². The van der Waals surface area contributed by atoms with E-state index in [0.717, 1.165) is 12.0 Å². The first kappa shape index (κ1) is 20.1. The molecule has 5 nitrogen and oxygen atoms in total. The third-order valence-electron chi connectivity index (χ3n) is 4.70. The first-order valence-electron chi connectivity index (χ1n) is 8.64. The zero-order valence-electron chi connectivity index (χ0n) is 14.8. The molecule has 0 bridgehead atoms. The quantitative estimate of drug-likeness (QED) is 0.782. The summed E-state index contributed by atoms with van der Waals surface area (Å²) < 4.78 is 27.4. The number of hydrogen-bond donors (Lipinski definition) is 1. The summed E-state index contributed by atoms with van der Waals surface area (Å²) >= 11 is 12.0. The number of nitrogens with zero attached hydrogens (tertiary/aromatic N) is 1. The fraction of sp³-hybridized carbons (Fsp3) is 0.316. The number of piperidine rings is 1. The van der Waals surface area contributed by atoms with Gasteiger partial charge in [0.05, 0.1) is 4.90 Å². The fourth-order valence-corrected chi connectivity index (χ4v) is 5.11. The highest BCUT2D eigenvalue weighted by Gasteiger charge is 2.37. The number of benzene rings is 2. The second kappa shape index (κ2) is 8.19. The van der Waals surface area contributed by atoms with Crippen LogP contribution in [-0.2, 0) is 14.8 Å². The van der Waals surface area contributed by atoms with E-state index < -0.39 is 16.1 Å². The van der Waals surface area contributed by atoms with Crippen molar-refractivity contribution in [3.8, 4) is 0 Å². The standard InChI is InChI=1S/C19H20Cl2N2O3S/c1-13-16(21)5-4-6-17(13)22-19(24)18-7-2-3-12-23(18)27(25,26)15-10-8-14(20)9-11-15/h4-6,8-11,18H,2-3,7,12H2,1H3,(H,22,24). The summed E-state index contributed by atoms with van der Waals surface area (Å²) in [5, 5.41) is 3.83. The van der Waals surface area contributed by atoms with E-state index in [0.29, 0.717) is 35.1 Å². The largest absolute Gasteiger partial charge is 0.324 e.